The fraction of sp³-hybridized carbons (Fsp3) is 0.417. The second kappa shape index (κ2) is 7.25. The highest BCUT2D eigenvalue weighted by Crippen LogP contribution is 2.18. The highest BCUT2D eigenvalue weighted by atomic mass is 32.2. The van der Waals surface area contributed by atoms with Crippen LogP contribution in [0, 0.1) is 0 Å². The van der Waals surface area contributed by atoms with Gasteiger partial charge in [-0.2, -0.15) is 0 Å². The van der Waals surface area contributed by atoms with E-state index in [1.165, 1.54) is 14.2 Å². The van der Waals surface area contributed by atoms with E-state index in [1.54, 1.807) is 24.3 Å². The molecule has 0 aliphatic rings. The lowest BCUT2D eigenvalue weighted by atomic mass is 10.3. The third kappa shape index (κ3) is 4.21. The zero-order valence-electron chi connectivity index (χ0n) is 10.7. The molecule has 100 valence electrons. The van der Waals surface area contributed by atoms with Crippen LogP contribution in [0.4, 0.5) is 0 Å². The van der Waals surface area contributed by atoms with Crippen LogP contribution >= 0.6 is 0 Å². The minimum atomic E-state index is -1.40. The van der Waals surface area contributed by atoms with E-state index in [0.29, 0.717) is 17.3 Å². The molecule has 18 heavy (non-hydrogen) atoms. The molecule has 1 atom stereocenters. The Morgan fingerprint density at radius 2 is 2.22 bits per heavy atom. The summed E-state index contributed by atoms with van der Waals surface area (Å²) in [4.78, 5) is 16.8. The van der Waals surface area contributed by atoms with Crippen molar-refractivity contribution in [1.82, 2.24) is 5.06 Å². The predicted molar refractivity (Wildman–Crippen MR) is 68.7 cm³/mol. The van der Waals surface area contributed by atoms with Crippen molar-refractivity contribution in [3.05, 3.63) is 24.3 Å². The molecule has 0 spiro atoms. The fourth-order valence-electron chi connectivity index (χ4n) is 1.26. The molecule has 0 saturated carbocycles. The van der Waals surface area contributed by atoms with Crippen molar-refractivity contribution in [2.24, 2.45) is 0 Å². The molecule has 0 heterocycles. The molecule has 1 aromatic carbocycles. The Labute approximate surface area is 110 Å². The van der Waals surface area contributed by atoms with E-state index in [2.05, 4.69) is 0 Å². The summed E-state index contributed by atoms with van der Waals surface area (Å²) in [5.41, 5.74) is 0. The first-order valence-electron chi connectivity index (χ1n) is 5.50. The van der Waals surface area contributed by atoms with E-state index in [-0.39, 0.29) is 11.7 Å². The molecule has 0 aromatic heterocycles. The largest absolute Gasteiger partial charge is 0.611 e. The number of rotatable bonds is 6. The van der Waals surface area contributed by atoms with Gasteiger partial charge in [-0.1, -0.05) is 6.07 Å². The maximum atomic E-state index is 12.0. The molecule has 0 aliphatic carbocycles. The van der Waals surface area contributed by atoms with Crippen molar-refractivity contribution in [1.29, 1.82) is 0 Å². The van der Waals surface area contributed by atoms with Gasteiger partial charge >= 0.3 is 0 Å². The van der Waals surface area contributed by atoms with Crippen molar-refractivity contribution in [3.8, 4) is 5.75 Å². The van der Waals surface area contributed by atoms with Gasteiger partial charge in [0.05, 0.1) is 13.7 Å². The number of carbonyl (C=O) groups is 1. The number of benzene rings is 1. The zero-order valence-corrected chi connectivity index (χ0v) is 11.5. The van der Waals surface area contributed by atoms with E-state index in [9.17, 15) is 9.35 Å². The minimum Gasteiger partial charge on any atom is -0.611 e. The molecule has 0 fully saturated rings. The van der Waals surface area contributed by atoms with Crippen molar-refractivity contribution >= 4 is 17.1 Å². The zero-order chi connectivity index (χ0) is 13.5. The Morgan fingerprint density at radius 1 is 1.50 bits per heavy atom. The van der Waals surface area contributed by atoms with E-state index in [0.717, 1.165) is 5.06 Å². The highest BCUT2D eigenvalue weighted by molar-refractivity contribution is 7.92. The SMILES string of the molecule is CCOc1cccc([S+]([O-])CC(=O)N(C)OC)c1. The van der Waals surface area contributed by atoms with Crippen LogP contribution in [0.3, 0.4) is 0 Å². The van der Waals surface area contributed by atoms with Gasteiger partial charge in [0.25, 0.3) is 5.91 Å². The summed E-state index contributed by atoms with van der Waals surface area (Å²) in [5, 5.41) is 1.06. The van der Waals surface area contributed by atoms with Crippen LogP contribution < -0.4 is 4.74 Å². The molecular formula is C12H17NO4S. The van der Waals surface area contributed by atoms with E-state index < -0.39 is 11.2 Å². The Bertz CT molecular complexity index is 399. The first-order valence-corrected chi connectivity index (χ1v) is 6.82. The van der Waals surface area contributed by atoms with Gasteiger partial charge in [0.1, 0.15) is 5.75 Å². The quantitative estimate of drug-likeness (QED) is 0.576. The van der Waals surface area contributed by atoms with Gasteiger partial charge in [-0.3, -0.25) is 9.63 Å². The maximum absolute atomic E-state index is 12.0. The number of carbonyl (C=O) groups excluding carboxylic acids is 1. The molecular weight excluding hydrogens is 254 g/mol. The molecule has 1 aromatic rings. The predicted octanol–water partition coefficient (Wildman–Crippen LogP) is 1.21. The lowest BCUT2D eigenvalue weighted by Crippen LogP contribution is -2.31. The van der Waals surface area contributed by atoms with Gasteiger partial charge in [0.15, 0.2) is 10.6 Å². The first kappa shape index (κ1) is 14.8. The number of nitrogens with zero attached hydrogens (tertiary/aromatic N) is 1. The average molecular weight is 271 g/mol. The fourth-order valence-corrected chi connectivity index (χ4v) is 2.31. The Hall–Kier alpha value is -1.24. The molecule has 0 saturated heterocycles. The van der Waals surface area contributed by atoms with Gasteiger partial charge in [-0.15, -0.1) is 0 Å². The molecule has 1 amide bonds. The second-order valence-corrected chi connectivity index (χ2v) is 4.92. The Kier molecular flexibility index (Phi) is 5.97. The molecule has 0 bridgehead atoms. The van der Waals surface area contributed by atoms with Crippen LogP contribution in [-0.4, -0.2) is 42.0 Å². The Balaban J connectivity index is 2.68. The number of ether oxygens (including phenoxy) is 1. The van der Waals surface area contributed by atoms with Crippen LogP contribution in [0.5, 0.6) is 5.75 Å². The van der Waals surface area contributed by atoms with E-state index in [1.807, 2.05) is 6.92 Å². The van der Waals surface area contributed by atoms with Crippen LogP contribution in [0.15, 0.2) is 29.2 Å². The minimum absolute atomic E-state index is 0.111. The standard InChI is InChI=1S/C12H17NO4S/c1-4-17-10-6-5-7-11(8-10)18(15)9-12(14)13(2)16-3/h5-8H,4,9H2,1-3H3. The summed E-state index contributed by atoms with van der Waals surface area (Å²) in [5.74, 6) is 0.202. The van der Waals surface area contributed by atoms with Gasteiger partial charge in [-0.05, 0) is 30.2 Å². The van der Waals surface area contributed by atoms with Crippen LogP contribution in [0.25, 0.3) is 0 Å². The lowest BCUT2D eigenvalue weighted by Gasteiger charge is -2.15. The van der Waals surface area contributed by atoms with Gasteiger partial charge in [0.2, 0.25) is 0 Å². The lowest BCUT2D eigenvalue weighted by molar-refractivity contribution is -0.165. The van der Waals surface area contributed by atoms with Crippen LogP contribution in [0.2, 0.25) is 0 Å². The monoisotopic (exact) mass is 271 g/mol. The molecule has 6 heteroatoms. The summed E-state index contributed by atoms with van der Waals surface area (Å²) in [6, 6.07) is 6.93. The third-order valence-electron chi connectivity index (χ3n) is 2.26. The summed E-state index contributed by atoms with van der Waals surface area (Å²) >= 11 is -1.40. The maximum Gasteiger partial charge on any atom is 0.296 e. The summed E-state index contributed by atoms with van der Waals surface area (Å²) < 4.78 is 17.3. The molecule has 5 nitrogen and oxygen atoms in total. The van der Waals surface area contributed by atoms with Gasteiger partial charge in [-0.25, -0.2) is 5.06 Å². The van der Waals surface area contributed by atoms with Crippen LogP contribution in [0.1, 0.15) is 6.92 Å². The average Bonchev–Trinajstić information content (AvgIpc) is 2.38. The molecule has 0 N–H and O–H groups in total. The second-order valence-electron chi connectivity index (χ2n) is 3.47. The van der Waals surface area contributed by atoms with Gasteiger partial charge in [0, 0.05) is 13.1 Å². The van der Waals surface area contributed by atoms with Crippen molar-refractivity contribution < 1.29 is 18.9 Å². The molecule has 0 radical (unpaired) electrons. The third-order valence-corrected chi connectivity index (χ3v) is 3.55. The Morgan fingerprint density at radius 3 is 2.83 bits per heavy atom. The van der Waals surface area contributed by atoms with Crippen molar-refractivity contribution in [2.45, 2.75) is 11.8 Å². The highest BCUT2D eigenvalue weighted by Gasteiger charge is 2.20. The first-order chi connectivity index (χ1) is 8.58. The molecule has 0 aliphatic heterocycles. The summed E-state index contributed by atoms with van der Waals surface area (Å²) in [6.45, 7) is 2.42. The number of hydroxylamine groups is 2. The summed E-state index contributed by atoms with van der Waals surface area (Å²) in [6.07, 6.45) is 0. The normalized spacial score (nSPS) is 12.0. The van der Waals surface area contributed by atoms with E-state index >= 15 is 0 Å². The van der Waals surface area contributed by atoms with Crippen molar-refractivity contribution in [2.75, 3.05) is 26.5 Å². The molecule has 1 rings (SSSR count). The smallest absolute Gasteiger partial charge is 0.296 e. The van der Waals surface area contributed by atoms with Crippen LogP contribution in [-0.2, 0) is 20.8 Å². The number of amides is 1. The number of hydrogen-bond acceptors (Lipinski definition) is 4. The van der Waals surface area contributed by atoms with Gasteiger partial charge < -0.3 is 9.29 Å². The topological polar surface area (TPSA) is 61.8 Å². The summed E-state index contributed by atoms with van der Waals surface area (Å²) in [7, 11) is 2.87. The molecule has 1 unspecified atom stereocenters. The van der Waals surface area contributed by atoms with E-state index in [4.69, 9.17) is 9.57 Å². The van der Waals surface area contributed by atoms with Crippen molar-refractivity contribution in [3.63, 3.8) is 0 Å². The number of hydrogen-bond donors (Lipinski definition) is 0.